The van der Waals surface area contributed by atoms with Gasteiger partial charge in [0.2, 0.25) is 5.91 Å². The highest BCUT2D eigenvalue weighted by molar-refractivity contribution is 5.98. The van der Waals surface area contributed by atoms with Crippen molar-refractivity contribution in [1.29, 1.82) is 0 Å². The number of rotatable bonds is 7. The monoisotopic (exact) mass is 433 g/mol. The zero-order chi connectivity index (χ0) is 23.0. The Morgan fingerprint density at radius 2 is 1.94 bits per heavy atom. The van der Waals surface area contributed by atoms with Crippen LogP contribution in [0.1, 0.15) is 52.0 Å². The van der Waals surface area contributed by atoms with E-state index in [1.165, 1.54) is 6.20 Å². The summed E-state index contributed by atoms with van der Waals surface area (Å²) in [6, 6.07) is 7.92. The summed E-state index contributed by atoms with van der Waals surface area (Å²) >= 11 is 0. The molecule has 8 heteroatoms. The second-order valence-electron chi connectivity index (χ2n) is 8.02. The smallest absolute Gasteiger partial charge is 0.254 e. The number of fused-ring (bicyclic) bond motifs is 2. The normalized spacial score (nSPS) is 11.4. The summed E-state index contributed by atoms with van der Waals surface area (Å²) in [4.78, 5) is 30.8. The summed E-state index contributed by atoms with van der Waals surface area (Å²) < 4.78 is 7.57. The van der Waals surface area contributed by atoms with E-state index in [4.69, 9.17) is 10.2 Å². The van der Waals surface area contributed by atoms with Crippen LogP contribution in [-0.4, -0.2) is 38.4 Å². The first-order valence-electron chi connectivity index (χ1n) is 10.7. The molecule has 1 aromatic carbocycles. The molecule has 166 valence electrons. The van der Waals surface area contributed by atoms with Crippen molar-refractivity contribution in [2.75, 3.05) is 7.05 Å². The molecular weight excluding hydrogens is 406 g/mol. The minimum Gasteiger partial charge on any atom is -0.461 e. The molecule has 0 spiro atoms. The summed E-state index contributed by atoms with van der Waals surface area (Å²) in [6.07, 6.45) is 3.07. The first-order valence-corrected chi connectivity index (χ1v) is 10.7. The Balaban J connectivity index is 1.52. The molecule has 0 radical (unpaired) electrons. The van der Waals surface area contributed by atoms with Crippen molar-refractivity contribution in [3.05, 3.63) is 64.3 Å². The molecule has 3 aromatic heterocycles. The van der Waals surface area contributed by atoms with E-state index in [1.807, 2.05) is 45.2 Å². The van der Waals surface area contributed by atoms with Crippen molar-refractivity contribution in [3.8, 4) is 0 Å². The second kappa shape index (κ2) is 8.45. The lowest BCUT2D eigenvalue weighted by molar-refractivity contribution is -0.130. The molecule has 0 aliphatic carbocycles. The lowest BCUT2D eigenvalue weighted by Crippen LogP contribution is -2.27. The van der Waals surface area contributed by atoms with Crippen LogP contribution in [0.5, 0.6) is 0 Å². The Morgan fingerprint density at radius 3 is 2.66 bits per heavy atom. The number of carbonyl (C=O) groups excluding carboxylic acids is 2. The molecule has 0 atom stereocenters. The summed E-state index contributed by atoms with van der Waals surface area (Å²) in [7, 11) is 1.82. The molecule has 4 rings (SSSR count). The minimum absolute atomic E-state index is 0.0366. The number of furan rings is 1. The molecule has 0 saturated carbocycles. The summed E-state index contributed by atoms with van der Waals surface area (Å²) in [6.45, 7) is 6.33. The number of para-hydroxylation sites is 1. The number of primary amides is 1. The largest absolute Gasteiger partial charge is 0.461 e. The fourth-order valence-electron chi connectivity index (χ4n) is 4.20. The Hall–Kier alpha value is -3.68. The molecule has 0 bridgehead atoms. The van der Waals surface area contributed by atoms with Gasteiger partial charge in [-0.25, -0.2) is 9.50 Å². The number of aryl methyl sites for hydroxylation is 3. The third kappa shape index (κ3) is 3.72. The van der Waals surface area contributed by atoms with E-state index < -0.39 is 5.91 Å². The van der Waals surface area contributed by atoms with Gasteiger partial charge in [0.15, 0.2) is 5.65 Å². The first kappa shape index (κ1) is 21.5. The van der Waals surface area contributed by atoms with E-state index >= 15 is 0 Å². The number of carbonyl (C=O) groups is 2. The van der Waals surface area contributed by atoms with E-state index in [9.17, 15) is 9.59 Å². The van der Waals surface area contributed by atoms with Crippen molar-refractivity contribution < 1.29 is 14.0 Å². The molecule has 32 heavy (non-hydrogen) atoms. The third-order valence-corrected chi connectivity index (χ3v) is 5.99. The van der Waals surface area contributed by atoms with Crippen LogP contribution in [0.4, 0.5) is 0 Å². The predicted molar refractivity (Wildman–Crippen MR) is 121 cm³/mol. The van der Waals surface area contributed by atoms with Crippen molar-refractivity contribution in [1.82, 2.24) is 19.5 Å². The Kier molecular flexibility index (Phi) is 5.69. The fraction of sp³-hybridized carbons (Fsp3) is 0.333. The molecule has 2 amide bonds. The van der Waals surface area contributed by atoms with E-state index in [1.54, 1.807) is 9.42 Å². The first-order chi connectivity index (χ1) is 15.3. The maximum atomic E-state index is 12.9. The van der Waals surface area contributed by atoms with Gasteiger partial charge in [0, 0.05) is 48.8 Å². The van der Waals surface area contributed by atoms with E-state index in [2.05, 4.69) is 17.0 Å². The van der Waals surface area contributed by atoms with Crippen LogP contribution < -0.4 is 5.73 Å². The molecule has 2 N–H and O–H groups in total. The van der Waals surface area contributed by atoms with Gasteiger partial charge in [0.1, 0.15) is 16.9 Å². The summed E-state index contributed by atoms with van der Waals surface area (Å²) in [5.74, 6) is 0.389. The highest BCUT2D eigenvalue weighted by Gasteiger charge is 2.20. The van der Waals surface area contributed by atoms with Crippen LogP contribution in [0.25, 0.3) is 16.6 Å². The third-order valence-electron chi connectivity index (χ3n) is 5.99. The molecule has 0 saturated heterocycles. The zero-order valence-electron chi connectivity index (χ0n) is 18.8. The van der Waals surface area contributed by atoms with E-state index in [0.717, 1.165) is 45.7 Å². The number of hydrogen-bond acceptors (Lipinski definition) is 5. The van der Waals surface area contributed by atoms with E-state index in [0.29, 0.717) is 25.0 Å². The second-order valence-corrected chi connectivity index (χ2v) is 8.02. The molecule has 0 aliphatic heterocycles. The highest BCUT2D eigenvalue weighted by atomic mass is 16.3. The molecular formula is C24H27N5O3. The number of hydrogen-bond donors (Lipinski definition) is 1. The molecule has 0 unspecified atom stereocenters. The maximum absolute atomic E-state index is 12.9. The van der Waals surface area contributed by atoms with Gasteiger partial charge in [-0.2, -0.15) is 5.10 Å². The molecule has 0 fully saturated rings. The molecule has 4 aromatic rings. The number of amides is 2. The Bertz CT molecular complexity index is 1330. The van der Waals surface area contributed by atoms with Crippen molar-refractivity contribution >= 4 is 28.4 Å². The van der Waals surface area contributed by atoms with Crippen molar-refractivity contribution in [3.63, 3.8) is 0 Å². The Labute approximate surface area is 186 Å². The lowest BCUT2D eigenvalue weighted by Gasteiger charge is -2.18. The van der Waals surface area contributed by atoms with Crippen LogP contribution in [0.15, 0.2) is 34.9 Å². The minimum atomic E-state index is -0.561. The maximum Gasteiger partial charge on any atom is 0.254 e. The predicted octanol–water partition coefficient (Wildman–Crippen LogP) is 3.34. The van der Waals surface area contributed by atoms with Gasteiger partial charge in [0.25, 0.3) is 5.91 Å². The quantitative estimate of drug-likeness (QED) is 0.481. The number of aromatic nitrogens is 3. The highest BCUT2D eigenvalue weighted by Crippen LogP contribution is 2.27. The summed E-state index contributed by atoms with van der Waals surface area (Å²) in [5, 5.41) is 5.30. The van der Waals surface area contributed by atoms with Crippen LogP contribution in [0.3, 0.4) is 0 Å². The van der Waals surface area contributed by atoms with Crippen molar-refractivity contribution in [2.24, 2.45) is 5.73 Å². The van der Waals surface area contributed by atoms with Gasteiger partial charge in [-0.3, -0.25) is 9.59 Å². The summed E-state index contributed by atoms with van der Waals surface area (Å²) in [5.41, 5.74) is 10.6. The van der Waals surface area contributed by atoms with Gasteiger partial charge < -0.3 is 15.1 Å². The Morgan fingerprint density at radius 1 is 1.19 bits per heavy atom. The van der Waals surface area contributed by atoms with Crippen LogP contribution in [0, 0.1) is 13.8 Å². The molecule has 3 heterocycles. The zero-order valence-corrected chi connectivity index (χ0v) is 18.8. The molecule has 0 aliphatic rings. The van der Waals surface area contributed by atoms with Gasteiger partial charge >= 0.3 is 0 Å². The molecule has 8 nitrogen and oxygen atoms in total. The van der Waals surface area contributed by atoms with Gasteiger partial charge in [-0.1, -0.05) is 25.1 Å². The average molecular weight is 434 g/mol. The fourth-order valence-corrected chi connectivity index (χ4v) is 4.20. The van der Waals surface area contributed by atoms with Crippen molar-refractivity contribution in [2.45, 2.75) is 46.6 Å². The lowest BCUT2D eigenvalue weighted by atomic mass is 10.1. The number of nitrogens with two attached hydrogens (primary N) is 1. The van der Waals surface area contributed by atoms with Crippen LogP contribution in [0.2, 0.25) is 0 Å². The topological polar surface area (TPSA) is 107 Å². The number of nitrogens with zero attached hydrogens (tertiary/aromatic N) is 4. The van der Waals surface area contributed by atoms with E-state index in [-0.39, 0.29) is 11.5 Å². The SMILES string of the molecule is CCc1oc2ccccc2c1CN(C)C(=O)CCc1c(C)nc2c(C(N)=O)cnn2c1C. The average Bonchev–Trinajstić information content (AvgIpc) is 3.35. The van der Waals surface area contributed by atoms with Crippen LogP contribution in [-0.2, 0) is 24.2 Å². The van der Waals surface area contributed by atoms with Gasteiger partial charge in [0.05, 0.1) is 6.20 Å². The number of benzene rings is 1. The van der Waals surface area contributed by atoms with Gasteiger partial charge in [-0.05, 0) is 31.9 Å². The van der Waals surface area contributed by atoms with Gasteiger partial charge in [-0.15, -0.1) is 0 Å². The van der Waals surface area contributed by atoms with Crippen LogP contribution >= 0.6 is 0 Å². The standard InChI is InChI=1S/C24H27N5O3/c1-5-20-19(17-8-6-7-9-21(17)32-20)13-28(4)22(30)11-10-16-14(2)27-24-18(23(25)31)12-26-29(24)15(16)3/h6-9,12H,5,10-11,13H2,1-4H3,(H2,25,31).